The molecule has 1 aromatic heterocycles. The smallest absolute Gasteiger partial charge is 0.311 e. The maximum absolute atomic E-state index is 11.6. The topological polar surface area (TPSA) is 55.1 Å². The average Bonchev–Trinajstić information content (AvgIpc) is 2.72. The first-order valence-electron chi connectivity index (χ1n) is 6.95. The van der Waals surface area contributed by atoms with Gasteiger partial charge in [0.25, 0.3) is 0 Å². The molecule has 112 valence electrons. The zero-order valence-corrected chi connectivity index (χ0v) is 13.2. The molecule has 1 aromatic carbocycles. The van der Waals surface area contributed by atoms with Gasteiger partial charge in [0.15, 0.2) is 0 Å². The zero-order valence-electron chi connectivity index (χ0n) is 12.4. The number of aromatic nitrogens is 2. The van der Waals surface area contributed by atoms with E-state index >= 15 is 0 Å². The fourth-order valence-corrected chi connectivity index (χ4v) is 2.62. The van der Waals surface area contributed by atoms with Crippen LogP contribution in [0.3, 0.4) is 0 Å². The number of hydrogen-bond donors (Lipinski definition) is 1. The van der Waals surface area contributed by atoms with Crippen LogP contribution in [0.5, 0.6) is 0 Å². The first-order chi connectivity index (χ1) is 9.93. The summed E-state index contributed by atoms with van der Waals surface area (Å²) in [6.45, 7) is 6.45. The summed E-state index contributed by atoms with van der Waals surface area (Å²) in [5.74, 6) is -1.47. The van der Waals surface area contributed by atoms with Gasteiger partial charge in [0.05, 0.1) is 22.3 Å². The van der Waals surface area contributed by atoms with Crippen LogP contribution in [-0.2, 0) is 17.8 Å². The first-order valence-corrected chi connectivity index (χ1v) is 7.33. The lowest BCUT2D eigenvalue weighted by molar-refractivity contribution is -0.138. The summed E-state index contributed by atoms with van der Waals surface area (Å²) in [5.41, 5.74) is 3.41. The molecule has 0 bridgehead atoms. The van der Waals surface area contributed by atoms with Crippen molar-refractivity contribution in [2.24, 2.45) is 0 Å². The van der Waals surface area contributed by atoms with E-state index in [4.69, 9.17) is 11.6 Å². The van der Waals surface area contributed by atoms with Gasteiger partial charge in [-0.3, -0.25) is 9.48 Å². The standard InChI is InChI=1S/C16H19ClN2O2/c1-4-19-14(15(17)11(3)18-19)9-13(16(20)21)12-7-5-10(2)6-8-12/h5-8,13H,4,9H2,1-3H3,(H,20,21). The summed E-state index contributed by atoms with van der Waals surface area (Å²) in [6, 6.07) is 7.58. The minimum absolute atomic E-state index is 0.339. The Balaban J connectivity index is 2.37. The maximum Gasteiger partial charge on any atom is 0.311 e. The number of aliphatic carboxylic acids is 1. The van der Waals surface area contributed by atoms with Gasteiger partial charge in [0, 0.05) is 13.0 Å². The molecule has 0 aliphatic rings. The number of nitrogens with zero attached hydrogens (tertiary/aromatic N) is 2. The van der Waals surface area contributed by atoms with Crippen LogP contribution in [0.2, 0.25) is 5.02 Å². The monoisotopic (exact) mass is 306 g/mol. The predicted molar refractivity (Wildman–Crippen MR) is 82.9 cm³/mol. The molecular formula is C16H19ClN2O2. The molecule has 2 rings (SSSR count). The van der Waals surface area contributed by atoms with E-state index < -0.39 is 11.9 Å². The molecule has 4 nitrogen and oxygen atoms in total. The maximum atomic E-state index is 11.6. The number of hydrogen-bond acceptors (Lipinski definition) is 2. The van der Waals surface area contributed by atoms with E-state index in [2.05, 4.69) is 5.10 Å². The summed E-state index contributed by atoms with van der Waals surface area (Å²) in [4.78, 5) is 11.6. The second kappa shape index (κ2) is 6.31. The second-order valence-electron chi connectivity index (χ2n) is 5.17. The van der Waals surface area contributed by atoms with Crippen LogP contribution < -0.4 is 0 Å². The van der Waals surface area contributed by atoms with Crippen molar-refractivity contribution in [3.05, 3.63) is 51.8 Å². The highest BCUT2D eigenvalue weighted by Crippen LogP contribution is 2.28. The number of benzene rings is 1. The number of carbonyl (C=O) groups is 1. The van der Waals surface area contributed by atoms with Gasteiger partial charge < -0.3 is 5.11 Å². The molecule has 1 heterocycles. The van der Waals surface area contributed by atoms with Crippen LogP contribution >= 0.6 is 11.6 Å². The Labute approximate surface area is 129 Å². The molecule has 0 aliphatic heterocycles. The van der Waals surface area contributed by atoms with Gasteiger partial charge in [-0.2, -0.15) is 5.10 Å². The normalized spacial score (nSPS) is 12.4. The third-order valence-corrected chi connectivity index (χ3v) is 4.12. The van der Waals surface area contributed by atoms with Gasteiger partial charge >= 0.3 is 5.97 Å². The first kappa shape index (κ1) is 15.6. The molecule has 5 heteroatoms. The zero-order chi connectivity index (χ0) is 15.6. The van der Waals surface area contributed by atoms with Crippen molar-refractivity contribution in [3.63, 3.8) is 0 Å². The summed E-state index contributed by atoms with van der Waals surface area (Å²) < 4.78 is 1.78. The van der Waals surface area contributed by atoms with E-state index in [1.807, 2.05) is 45.0 Å². The highest BCUT2D eigenvalue weighted by atomic mass is 35.5. The fourth-order valence-electron chi connectivity index (χ4n) is 2.40. The lowest BCUT2D eigenvalue weighted by Gasteiger charge is -2.14. The molecule has 1 unspecified atom stereocenters. The number of halogens is 1. The lowest BCUT2D eigenvalue weighted by atomic mass is 9.93. The van der Waals surface area contributed by atoms with Crippen molar-refractivity contribution in [1.82, 2.24) is 9.78 Å². The Morgan fingerprint density at radius 2 is 1.95 bits per heavy atom. The molecule has 0 aliphatic carbocycles. The number of rotatable bonds is 5. The van der Waals surface area contributed by atoms with E-state index in [9.17, 15) is 9.90 Å². The molecule has 0 spiro atoms. The number of aryl methyl sites for hydroxylation is 3. The summed E-state index contributed by atoms with van der Waals surface area (Å²) >= 11 is 6.28. The Kier molecular flexibility index (Phi) is 4.68. The molecule has 0 saturated carbocycles. The van der Waals surface area contributed by atoms with E-state index in [0.717, 1.165) is 22.5 Å². The molecule has 0 radical (unpaired) electrons. The molecular weight excluding hydrogens is 288 g/mol. The Bertz CT molecular complexity index is 647. The highest BCUT2D eigenvalue weighted by molar-refractivity contribution is 6.31. The van der Waals surface area contributed by atoms with Gasteiger partial charge in [0.2, 0.25) is 0 Å². The van der Waals surface area contributed by atoms with Crippen LogP contribution in [0.25, 0.3) is 0 Å². The predicted octanol–water partition coefficient (Wildman–Crippen LogP) is 3.58. The van der Waals surface area contributed by atoms with Gasteiger partial charge in [-0.25, -0.2) is 0 Å². The molecule has 2 aromatic rings. The average molecular weight is 307 g/mol. The molecule has 0 fully saturated rings. The molecule has 0 saturated heterocycles. The Morgan fingerprint density at radius 1 is 1.33 bits per heavy atom. The van der Waals surface area contributed by atoms with Crippen molar-refractivity contribution in [2.75, 3.05) is 0 Å². The van der Waals surface area contributed by atoms with Gasteiger partial charge in [-0.05, 0) is 26.3 Å². The Morgan fingerprint density at radius 3 is 2.48 bits per heavy atom. The third kappa shape index (κ3) is 3.27. The van der Waals surface area contributed by atoms with Crippen molar-refractivity contribution in [2.45, 2.75) is 39.7 Å². The van der Waals surface area contributed by atoms with Crippen molar-refractivity contribution >= 4 is 17.6 Å². The van der Waals surface area contributed by atoms with E-state index in [-0.39, 0.29) is 0 Å². The summed E-state index contributed by atoms with van der Waals surface area (Å²) in [6.07, 6.45) is 0.339. The molecule has 21 heavy (non-hydrogen) atoms. The van der Waals surface area contributed by atoms with Crippen LogP contribution in [0.4, 0.5) is 0 Å². The molecule has 0 amide bonds. The molecule has 1 N–H and O–H groups in total. The van der Waals surface area contributed by atoms with Crippen LogP contribution in [-0.4, -0.2) is 20.9 Å². The van der Waals surface area contributed by atoms with E-state index in [1.54, 1.807) is 4.68 Å². The fraction of sp³-hybridized carbons (Fsp3) is 0.375. The quantitative estimate of drug-likeness (QED) is 0.918. The minimum atomic E-state index is -0.851. The Hall–Kier alpha value is -1.81. The minimum Gasteiger partial charge on any atom is -0.481 e. The van der Waals surface area contributed by atoms with E-state index in [1.165, 1.54) is 0 Å². The second-order valence-corrected chi connectivity index (χ2v) is 5.55. The van der Waals surface area contributed by atoms with Crippen LogP contribution in [0.1, 0.15) is 35.4 Å². The van der Waals surface area contributed by atoms with Gasteiger partial charge in [0.1, 0.15) is 0 Å². The number of carboxylic acid groups (broad SMARTS) is 1. The lowest BCUT2D eigenvalue weighted by Crippen LogP contribution is -2.17. The van der Waals surface area contributed by atoms with Crippen molar-refractivity contribution < 1.29 is 9.90 Å². The van der Waals surface area contributed by atoms with Gasteiger partial charge in [-0.15, -0.1) is 0 Å². The van der Waals surface area contributed by atoms with Crippen LogP contribution in [0.15, 0.2) is 24.3 Å². The SMILES string of the molecule is CCn1nc(C)c(Cl)c1CC(C(=O)O)c1ccc(C)cc1. The largest absolute Gasteiger partial charge is 0.481 e. The van der Waals surface area contributed by atoms with Gasteiger partial charge in [-0.1, -0.05) is 41.4 Å². The number of carboxylic acids is 1. The molecule has 1 atom stereocenters. The van der Waals surface area contributed by atoms with E-state index in [0.29, 0.717) is 18.0 Å². The van der Waals surface area contributed by atoms with Crippen LogP contribution in [0, 0.1) is 13.8 Å². The highest BCUT2D eigenvalue weighted by Gasteiger charge is 2.24. The van der Waals surface area contributed by atoms with Crippen molar-refractivity contribution in [1.29, 1.82) is 0 Å². The third-order valence-electron chi connectivity index (χ3n) is 3.63. The summed E-state index contributed by atoms with van der Waals surface area (Å²) in [5, 5.41) is 14.5. The van der Waals surface area contributed by atoms with Crippen molar-refractivity contribution in [3.8, 4) is 0 Å². The summed E-state index contributed by atoms with van der Waals surface area (Å²) in [7, 11) is 0.